The van der Waals surface area contributed by atoms with Gasteiger partial charge in [0.15, 0.2) is 5.78 Å². The maximum atomic E-state index is 10.7. The fourth-order valence-corrected chi connectivity index (χ4v) is 0.798. The van der Waals surface area contributed by atoms with E-state index in [9.17, 15) is 4.79 Å². The largest absolute Gasteiger partial charge is 0.297 e. The molecule has 0 spiro atoms. The van der Waals surface area contributed by atoms with Crippen LogP contribution in [-0.2, 0) is 4.79 Å². The van der Waals surface area contributed by atoms with E-state index in [1.807, 2.05) is 6.92 Å². The molecule has 9 heavy (non-hydrogen) atoms. The predicted octanol–water partition coefficient (Wildman–Crippen LogP) is 2.71. The number of alkyl halides is 2. The second kappa shape index (κ2) is 5.24. The standard InChI is InChI=1S/C6H10BrClO/c1-2-3-4-5(9)6(7)8/h6H,2-4H2,1H3. The van der Waals surface area contributed by atoms with Crippen molar-refractivity contribution >= 4 is 33.3 Å². The molecule has 0 rings (SSSR count). The van der Waals surface area contributed by atoms with Crippen molar-refractivity contribution in [3.05, 3.63) is 0 Å². The van der Waals surface area contributed by atoms with Crippen LogP contribution in [0.5, 0.6) is 0 Å². The van der Waals surface area contributed by atoms with Crippen molar-refractivity contribution in [1.29, 1.82) is 0 Å². The summed E-state index contributed by atoms with van der Waals surface area (Å²) in [7, 11) is 0. The Hall–Kier alpha value is 0.440. The monoisotopic (exact) mass is 212 g/mol. The third kappa shape index (κ3) is 4.91. The third-order valence-corrected chi connectivity index (χ3v) is 1.77. The molecule has 0 bridgehead atoms. The minimum atomic E-state index is -0.482. The molecule has 1 unspecified atom stereocenters. The van der Waals surface area contributed by atoms with Crippen molar-refractivity contribution in [3.8, 4) is 0 Å². The van der Waals surface area contributed by atoms with Crippen molar-refractivity contribution in [2.75, 3.05) is 0 Å². The highest BCUT2D eigenvalue weighted by atomic mass is 79.9. The zero-order valence-electron chi connectivity index (χ0n) is 5.36. The predicted molar refractivity (Wildman–Crippen MR) is 43.1 cm³/mol. The van der Waals surface area contributed by atoms with E-state index >= 15 is 0 Å². The van der Waals surface area contributed by atoms with Crippen LogP contribution in [0.2, 0.25) is 0 Å². The number of hydrogen-bond donors (Lipinski definition) is 0. The molecule has 0 fully saturated rings. The van der Waals surface area contributed by atoms with Gasteiger partial charge in [-0.05, 0) is 6.42 Å². The van der Waals surface area contributed by atoms with Gasteiger partial charge in [0.05, 0.1) is 0 Å². The summed E-state index contributed by atoms with van der Waals surface area (Å²) in [6.45, 7) is 2.05. The summed E-state index contributed by atoms with van der Waals surface area (Å²) in [5.74, 6) is 0.0820. The van der Waals surface area contributed by atoms with Crippen LogP contribution >= 0.6 is 27.5 Å². The molecule has 0 aromatic carbocycles. The lowest BCUT2D eigenvalue weighted by Crippen LogP contribution is -2.05. The summed E-state index contributed by atoms with van der Waals surface area (Å²) < 4.78 is -0.482. The molecular weight excluding hydrogens is 203 g/mol. The number of unbranched alkanes of at least 4 members (excludes halogenated alkanes) is 1. The normalized spacial score (nSPS) is 13.2. The Morgan fingerprint density at radius 2 is 2.33 bits per heavy atom. The first-order valence-corrected chi connectivity index (χ1v) is 4.34. The Labute approximate surface area is 68.9 Å². The minimum absolute atomic E-state index is 0.0820. The van der Waals surface area contributed by atoms with E-state index < -0.39 is 4.29 Å². The fraction of sp³-hybridized carbons (Fsp3) is 0.833. The van der Waals surface area contributed by atoms with Crippen LogP contribution < -0.4 is 0 Å². The molecule has 3 heteroatoms. The smallest absolute Gasteiger partial charge is 0.161 e. The minimum Gasteiger partial charge on any atom is -0.297 e. The highest BCUT2D eigenvalue weighted by molar-refractivity contribution is 9.10. The van der Waals surface area contributed by atoms with E-state index in [2.05, 4.69) is 15.9 Å². The van der Waals surface area contributed by atoms with Gasteiger partial charge in [-0.1, -0.05) is 29.3 Å². The van der Waals surface area contributed by atoms with Gasteiger partial charge in [0.1, 0.15) is 4.29 Å². The average Bonchev–Trinajstić information content (AvgIpc) is 1.82. The van der Waals surface area contributed by atoms with E-state index in [-0.39, 0.29) is 5.78 Å². The van der Waals surface area contributed by atoms with Crippen molar-refractivity contribution < 1.29 is 4.79 Å². The quantitative estimate of drug-likeness (QED) is 0.656. The molecule has 0 aliphatic carbocycles. The second-order valence-corrected chi connectivity index (χ2v) is 3.75. The van der Waals surface area contributed by atoms with Crippen LogP contribution in [0, 0.1) is 0 Å². The molecular formula is C6H10BrClO. The maximum absolute atomic E-state index is 10.7. The Morgan fingerprint density at radius 3 is 2.67 bits per heavy atom. The zero-order valence-corrected chi connectivity index (χ0v) is 7.70. The maximum Gasteiger partial charge on any atom is 0.161 e. The number of hydrogen-bond acceptors (Lipinski definition) is 1. The van der Waals surface area contributed by atoms with Crippen molar-refractivity contribution in [1.82, 2.24) is 0 Å². The third-order valence-electron chi connectivity index (χ3n) is 1.02. The lowest BCUT2D eigenvalue weighted by atomic mass is 10.2. The van der Waals surface area contributed by atoms with Gasteiger partial charge in [-0.2, -0.15) is 0 Å². The molecule has 0 aromatic heterocycles. The Balaban J connectivity index is 3.28. The van der Waals surface area contributed by atoms with Crippen LogP contribution in [0.1, 0.15) is 26.2 Å². The van der Waals surface area contributed by atoms with Crippen LogP contribution in [0.25, 0.3) is 0 Å². The molecule has 1 nitrogen and oxygen atoms in total. The number of ketones is 1. The summed E-state index contributed by atoms with van der Waals surface area (Å²) in [5, 5.41) is 0. The van der Waals surface area contributed by atoms with E-state index in [4.69, 9.17) is 11.6 Å². The lowest BCUT2D eigenvalue weighted by Gasteiger charge is -1.97. The van der Waals surface area contributed by atoms with Crippen LogP contribution in [0.15, 0.2) is 0 Å². The molecule has 0 N–H and O–H groups in total. The van der Waals surface area contributed by atoms with E-state index in [0.717, 1.165) is 12.8 Å². The first-order valence-electron chi connectivity index (χ1n) is 2.99. The fourth-order valence-electron chi connectivity index (χ4n) is 0.460. The van der Waals surface area contributed by atoms with Gasteiger partial charge in [-0.3, -0.25) is 4.79 Å². The molecule has 0 aliphatic heterocycles. The van der Waals surface area contributed by atoms with Gasteiger partial charge in [-0.25, -0.2) is 0 Å². The highest BCUT2D eigenvalue weighted by Gasteiger charge is 2.08. The molecule has 54 valence electrons. The van der Waals surface area contributed by atoms with Crippen LogP contribution in [0.3, 0.4) is 0 Å². The van der Waals surface area contributed by atoms with Gasteiger partial charge < -0.3 is 0 Å². The Morgan fingerprint density at radius 1 is 1.78 bits per heavy atom. The number of Topliss-reactive ketones (excluding diaryl/α,β-unsaturated/α-hetero) is 1. The molecule has 1 atom stereocenters. The van der Waals surface area contributed by atoms with Gasteiger partial charge >= 0.3 is 0 Å². The molecule has 0 aliphatic rings. The average molecular weight is 214 g/mol. The molecule has 0 saturated heterocycles. The number of carbonyl (C=O) groups is 1. The van der Waals surface area contributed by atoms with Crippen LogP contribution in [0.4, 0.5) is 0 Å². The SMILES string of the molecule is CCCCC(=O)C(Cl)Br. The molecule has 0 saturated carbocycles. The summed E-state index contributed by atoms with van der Waals surface area (Å²) >= 11 is 8.42. The van der Waals surface area contributed by atoms with Gasteiger partial charge in [-0.15, -0.1) is 11.6 Å². The summed E-state index contributed by atoms with van der Waals surface area (Å²) in [6.07, 6.45) is 2.58. The number of carbonyl (C=O) groups excluding carboxylic acids is 1. The lowest BCUT2D eigenvalue weighted by molar-refractivity contribution is -0.117. The topological polar surface area (TPSA) is 17.1 Å². The van der Waals surface area contributed by atoms with E-state index in [0.29, 0.717) is 6.42 Å². The summed E-state index contributed by atoms with van der Waals surface area (Å²) in [6, 6.07) is 0. The Bertz CT molecular complexity index is 93.1. The van der Waals surface area contributed by atoms with Crippen molar-refractivity contribution in [2.45, 2.75) is 30.5 Å². The van der Waals surface area contributed by atoms with E-state index in [1.165, 1.54) is 0 Å². The van der Waals surface area contributed by atoms with Crippen LogP contribution in [-0.4, -0.2) is 10.1 Å². The zero-order chi connectivity index (χ0) is 7.28. The number of halogens is 2. The first kappa shape index (κ1) is 9.44. The number of rotatable bonds is 4. The van der Waals surface area contributed by atoms with Gasteiger partial charge in [0, 0.05) is 6.42 Å². The van der Waals surface area contributed by atoms with Gasteiger partial charge in [0.25, 0.3) is 0 Å². The van der Waals surface area contributed by atoms with Crippen molar-refractivity contribution in [3.63, 3.8) is 0 Å². The molecule has 0 radical (unpaired) electrons. The highest BCUT2D eigenvalue weighted by Crippen LogP contribution is 2.10. The van der Waals surface area contributed by atoms with E-state index in [1.54, 1.807) is 0 Å². The first-order chi connectivity index (χ1) is 4.18. The van der Waals surface area contributed by atoms with Gasteiger partial charge in [0.2, 0.25) is 0 Å². The second-order valence-electron chi connectivity index (χ2n) is 1.87. The molecule has 0 heterocycles. The Kier molecular flexibility index (Phi) is 5.50. The molecule has 0 amide bonds. The summed E-state index contributed by atoms with van der Waals surface area (Å²) in [4.78, 5) is 10.7. The molecule has 0 aromatic rings. The van der Waals surface area contributed by atoms with Crippen molar-refractivity contribution in [2.24, 2.45) is 0 Å². The summed E-state index contributed by atoms with van der Waals surface area (Å²) in [5.41, 5.74) is 0.